The van der Waals surface area contributed by atoms with Crippen LogP contribution in [0.15, 0.2) is 34.9 Å². The number of carbonyl (C=O) groups is 2. The maximum atomic E-state index is 11.8. The van der Waals surface area contributed by atoms with Gasteiger partial charge < -0.3 is 13.9 Å². The number of esters is 2. The normalized spacial score (nSPS) is 10.2. The zero-order valence-electron chi connectivity index (χ0n) is 11.8. The standard InChI is InChI=1S/C15H15NO5/c1-3-19-14(17)11-8-10(13-6-5-7-21-13)9-12(16-11)15(18)20-4-2/h5-9H,3-4H2,1-2H3. The smallest absolute Gasteiger partial charge is 0.356 e. The maximum absolute atomic E-state index is 11.8. The van der Waals surface area contributed by atoms with Gasteiger partial charge in [0, 0.05) is 5.56 Å². The lowest BCUT2D eigenvalue weighted by molar-refractivity contribution is 0.0511. The van der Waals surface area contributed by atoms with Gasteiger partial charge >= 0.3 is 11.9 Å². The molecule has 0 bridgehead atoms. The van der Waals surface area contributed by atoms with Crippen molar-refractivity contribution in [2.24, 2.45) is 0 Å². The molecule has 6 nitrogen and oxygen atoms in total. The molecule has 0 saturated heterocycles. The Morgan fingerprint density at radius 3 is 2.10 bits per heavy atom. The van der Waals surface area contributed by atoms with Gasteiger partial charge in [-0.25, -0.2) is 14.6 Å². The summed E-state index contributed by atoms with van der Waals surface area (Å²) < 4.78 is 15.1. The fourth-order valence-corrected chi connectivity index (χ4v) is 1.73. The van der Waals surface area contributed by atoms with Crippen LogP contribution in [0.2, 0.25) is 0 Å². The van der Waals surface area contributed by atoms with Crippen molar-refractivity contribution in [3.63, 3.8) is 0 Å². The Kier molecular flexibility index (Phi) is 4.71. The predicted molar refractivity (Wildman–Crippen MR) is 73.9 cm³/mol. The van der Waals surface area contributed by atoms with Crippen LogP contribution in [0, 0.1) is 0 Å². The first-order chi connectivity index (χ1) is 10.2. The highest BCUT2D eigenvalue weighted by atomic mass is 16.5. The summed E-state index contributed by atoms with van der Waals surface area (Å²) in [6.45, 7) is 3.83. The van der Waals surface area contributed by atoms with E-state index in [2.05, 4.69) is 4.98 Å². The van der Waals surface area contributed by atoms with E-state index in [0.29, 0.717) is 11.3 Å². The molecule has 0 N–H and O–H groups in total. The molecule has 0 atom stereocenters. The van der Waals surface area contributed by atoms with E-state index in [-0.39, 0.29) is 24.6 Å². The van der Waals surface area contributed by atoms with Crippen LogP contribution in [0.1, 0.15) is 34.8 Å². The molecule has 0 aliphatic carbocycles. The highest BCUT2D eigenvalue weighted by Crippen LogP contribution is 2.22. The van der Waals surface area contributed by atoms with Gasteiger partial charge in [-0.1, -0.05) is 0 Å². The van der Waals surface area contributed by atoms with Crippen molar-refractivity contribution in [1.29, 1.82) is 0 Å². The lowest BCUT2D eigenvalue weighted by Gasteiger charge is -2.07. The van der Waals surface area contributed by atoms with Crippen molar-refractivity contribution in [2.45, 2.75) is 13.8 Å². The van der Waals surface area contributed by atoms with Crippen LogP contribution >= 0.6 is 0 Å². The first kappa shape index (κ1) is 14.8. The Morgan fingerprint density at radius 2 is 1.67 bits per heavy atom. The summed E-state index contributed by atoms with van der Waals surface area (Å²) >= 11 is 0. The number of carbonyl (C=O) groups excluding carboxylic acids is 2. The SMILES string of the molecule is CCOC(=O)c1cc(-c2ccco2)cc(C(=O)OCC)n1. The van der Waals surface area contributed by atoms with E-state index >= 15 is 0 Å². The molecular formula is C15H15NO5. The Labute approximate surface area is 121 Å². The second kappa shape index (κ2) is 6.69. The zero-order valence-corrected chi connectivity index (χ0v) is 11.8. The summed E-state index contributed by atoms with van der Waals surface area (Å²) in [5, 5.41) is 0. The lowest BCUT2D eigenvalue weighted by Crippen LogP contribution is -2.13. The van der Waals surface area contributed by atoms with Gasteiger partial charge in [0.05, 0.1) is 19.5 Å². The molecule has 0 aromatic carbocycles. The molecule has 2 heterocycles. The monoisotopic (exact) mass is 289 g/mol. The molecule has 0 aliphatic rings. The van der Waals surface area contributed by atoms with Crippen LogP contribution in [0.3, 0.4) is 0 Å². The molecule has 2 aromatic rings. The number of aromatic nitrogens is 1. The third-order valence-electron chi connectivity index (χ3n) is 2.60. The minimum atomic E-state index is -0.601. The summed E-state index contributed by atoms with van der Waals surface area (Å²) in [5.74, 6) is -0.679. The van der Waals surface area contributed by atoms with Crippen LogP contribution in [-0.4, -0.2) is 30.1 Å². The van der Waals surface area contributed by atoms with Crippen molar-refractivity contribution in [3.05, 3.63) is 41.9 Å². The molecule has 2 aromatic heterocycles. The van der Waals surface area contributed by atoms with E-state index in [4.69, 9.17) is 13.9 Å². The maximum Gasteiger partial charge on any atom is 0.356 e. The van der Waals surface area contributed by atoms with Crippen LogP contribution in [0.25, 0.3) is 11.3 Å². The Bertz CT molecular complexity index is 597. The van der Waals surface area contributed by atoms with E-state index in [1.54, 1.807) is 26.0 Å². The quantitative estimate of drug-likeness (QED) is 0.787. The molecule has 2 rings (SSSR count). The van der Waals surface area contributed by atoms with Crippen molar-refractivity contribution >= 4 is 11.9 Å². The number of hydrogen-bond acceptors (Lipinski definition) is 6. The third kappa shape index (κ3) is 3.47. The minimum Gasteiger partial charge on any atom is -0.464 e. The van der Waals surface area contributed by atoms with Crippen LogP contribution in [0.5, 0.6) is 0 Å². The number of furan rings is 1. The summed E-state index contributed by atoms with van der Waals surface area (Å²) in [6, 6.07) is 6.46. The van der Waals surface area contributed by atoms with Crippen molar-refractivity contribution in [2.75, 3.05) is 13.2 Å². The number of pyridine rings is 1. The molecule has 0 fully saturated rings. The Morgan fingerprint density at radius 1 is 1.10 bits per heavy atom. The zero-order chi connectivity index (χ0) is 15.2. The topological polar surface area (TPSA) is 78.6 Å². The Balaban J connectivity index is 2.46. The minimum absolute atomic E-state index is 0.0359. The van der Waals surface area contributed by atoms with Crippen LogP contribution in [0.4, 0.5) is 0 Å². The Hall–Kier alpha value is -2.63. The van der Waals surface area contributed by atoms with E-state index in [0.717, 1.165) is 0 Å². The van der Waals surface area contributed by atoms with E-state index in [1.165, 1.54) is 18.4 Å². The van der Waals surface area contributed by atoms with Crippen LogP contribution in [-0.2, 0) is 9.47 Å². The van der Waals surface area contributed by atoms with Crippen molar-refractivity contribution in [1.82, 2.24) is 4.98 Å². The number of hydrogen-bond donors (Lipinski definition) is 0. The molecule has 0 saturated carbocycles. The van der Waals surface area contributed by atoms with Crippen molar-refractivity contribution < 1.29 is 23.5 Å². The molecule has 0 radical (unpaired) electrons. The number of rotatable bonds is 5. The predicted octanol–water partition coefficient (Wildman–Crippen LogP) is 2.70. The highest BCUT2D eigenvalue weighted by Gasteiger charge is 2.18. The summed E-state index contributed by atoms with van der Waals surface area (Å²) in [4.78, 5) is 27.7. The molecule has 0 unspecified atom stereocenters. The third-order valence-corrected chi connectivity index (χ3v) is 2.60. The summed E-state index contributed by atoms with van der Waals surface area (Å²) in [6.07, 6.45) is 1.50. The van der Waals surface area contributed by atoms with Gasteiger partial charge in [0.1, 0.15) is 17.1 Å². The van der Waals surface area contributed by atoms with E-state index in [9.17, 15) is 9.59 Å². The fourth-order valence-electron chi connectivity index (χ4n) is 1.73. The first-order valence-electron chi connectivity index (χ1n) is 6.56. The molecule has 0 spiro atoms. The van der Waals surface area contributed by atoms with Gasteiger partial charge in [0.25, 0.3) is 0 Å². The van der Waals surface area contributed by atoms with Crippen LogP contribution < -0.4 is 0 Å². The molecule has 6 heteroatoms. The highest BCUT2D eigenvalue weighted by molar-refractivity contribution is 5.93. The number of nitrogens with zero attached hydrogens (tertiary/aromatic N) is 1. The molecule has 0 amide bonds. The van der Waals surface area contributed by atoms with Gasteiger partial charge in [-0.3, -0.25) is 0 Å². The lowest BCUT2D eigenvalue weighted by atomic mass is 10.1. The van der Waals surface area contributed by atoms with Gasteiger partial charge in [-0.05, 0) is 38.1 Å². The molecule has 0 aliphatic heterocycles. The molecule has 110 valence electrons. The van der Waals surface area contributed by atoms with Gasteiger partial charge in [0.2, 0.25) is 0 Å². The van der Waals surface area contributed by atoms with Crippen molar-refractivity contribution in [3.8, 4) is 11.3 Å². The molecule has 21 heavy (non-hydrogen) atoms. The van der Waals surface area contributed by atoms with Gasteiger partial charge in [-0.15, -0.1) is 0 Å². The average Bonchev–Trinajstić information content (AvgIpc) is 3.01. The number of ether oxygens (including phenoxy) is 2. The second-order valence-corrected chi connectivity index (χ2v) is 4.04. The average molecular weight is 289 g/mol. The van der Waals surface area contributed by atoms with Gasteiger partial charge in [-0.2, -0.15) is 0 Å². The summed E-state index contributed by atoms with van der Waals surface area (Å²) in [7, 11) is 0. The first-order valence-corrected chi connectivity index (χ1v) is 6.56. The van der Waals surface area contributed by atoms with Gasteiger partial charge in [0.15, 0.2) is 0 Å². The van der Waals surface area contributed by atoms with E-state index < -0.39 is 11.9 Å². The fraction of sp³-hybridized carbons (Fsp3) is 0.267. The molecular weight excluding hydrogens is 274 g/mol. The van der Waals surface area contributed by atoms with E-state index in [1.807, 2.05) is 0 Å². The second-order valence-electron chi connectivity index (χ2n) is 4.04. The largest absolute Gasteiger partial charge is 0.464 e. The summed E-state index contributed by atoms with van der Waals surface area (Å²) in [5.41, 5.74) is 0.628.